The van der Waals surface area contributed by atoms with Crippen LogP contribution in [0.1, 0.15) is 25.2 Å². The molecule has 206 valence electrons. The van der Waals surface area contributed by atoms with Gasteiger partial charge in [0.15, 0.2) is 10.8 Å². The Balaban J connectivity index is 1.54. The highest BCUT2D eigenvalue weighted by Crippen LogP contribution is 2.41. The molecule has 18 heteroatoms. The normalized spacial score (nSPS) is 19.8. The molecule has 0 aromatic carbocycles. The summed E-state index contributed by atoms with van der Waals surface area (Å²) in [5.74, 6) is -2.13. The Morgan fingerprint density at radius 2 is 2.13 bits per heavy atom. The Morgan fingerprint density at radius 3 is 2.77 bits per heavy atom. The molecule has 2 aliphatic rings. The largest absolute Gasteiger partial charge is 0.511 e. The number of hydrogen-bond acceptors (Lipinski definition) is 16. The summed E-state index contributed by atoms with van der Waals surface area (Å²) < 4.78 is 18.6. The van der Waals surface area contributed by atoms with Crippen LogP contribution in [0.5, 0.6) is 0 Å². The summed E-state index contributed by atoms with van der Waals surface area (Å²) in [7, 11) is 0. The van der Waals surface area contributed by atoms with Gasteiger partial charge in [-0.3, -0.25) is 14.5 Å². The predicted octanol–water partition coefficient (Wildman–Crippen LogP) is 1.18. The Kier molecular flexibility index (Phi) is 8.77. The number of ether oxygens (including phenoxy) is 3. The lowest BCUT2D eigenvalue weighted by molar-refractivity contribution is -0.168. The van der Waals surface area contributed by atoms with E-state index in [-0.39, 0.29) is 28.9 Å². The number of nitrogens with two attached hydrogens (primary N) is 1. The van der Waals surface area contributed by atoms with Crippen LogP contribution in [0.4, 0.5) is 9.93 Å². The van der Waals surface area contributed by atoms with Crippen LogP contribution >= 0.6 is 34.6 Å². The zero-order chi connectivity index (χ0) is 28.1. The molecule has 39 heavy (non-hydrogen) atoms. The second-order valence-electron chi connectivity index (χ2n) is 7.69. The molecule has 3 atom stereocenters. The van der Waals surface area contributed by atoms with Crippen LogP contribution in [0.25, 0.3) is 6.08 Å². The molecule has 0 bridgehead atoms. The van der Waals surface area contributed by atoms with Crippen molar-refractivity contribution in [3.63, 3.8) is 0 Å². The molecule has 4 N–H and O–H groups in total. The first-order chi connectivity index (χ1) is 18.7. The fraction of sp³-hybridized carbons (Fsp3) is 0.333. The molecule has 0 radical (unpaired) electrons. The highest BCUT2D eigenvalue weighted by molar-refractivity contribution is 8.00. The van der Waals surface area contributed by atoms with E-state index in [1.807, 2.05) is 0 Å². The van der Waals surface area contributed by atoms with Gasteiger partial charge in [-0.05, 0) is 30.1 Å². The van der Waals surface area contributed by atoms with Gasteiger partial charge in [0, 0.05) is 23.4 Å². The zero-order valence-electron chi connectivity index (χ0n) is 20.3. The number of thiazole rings is 1. The number of fused-ring (bicyclic) bond motifs is 1. The number of esters is 1. The Hall–Kier alpha value is -4.03. The van der Waals surface area contributed by atoms with Crippen LogP contribution in [0.2, 0.25) is 0 Å². The number of nitrogens with zero attached hydrogens (tertiary/aromatic N) is 5. The minimum absolute atomic E-state index is 0.0427. The number of anilines is 1. The maximum absolute atomic E-state index is 13.2. The van der Waals surface area contributed by atoms with Gasteiger partial charge >= 0.3 is 12.1 Å². The van der Waals surface area contributed by atoms with Gasteiger partial charge in [0.25, 0.3) is 11.8 Å². The number of hydrogen-bond donors (Lipinski definition) is 3. The van der Waals surface area contributed by atoms with Gasteiger partial charge in [-0.1, -0.05) is 15.7 Å². The lowest BCUT2D eigenvalue weighted by atomic mass is 10.0. The minimum Gasteiger partial charge on any atom is -0.435 e. The number of carbonyl (C=O) groups excluding carboxylic acids is 4. The molecular weight excluding hydrogens is 574 g/mol. The summed E-state index contributed by atoms with van der Waals surface area (Å²) >= 11 is 3.48. The fourth-order valence-corrected chi connectivity index (χ4v) is 5.82. The van der Waals surface area contributed by atoms with E-state index < -0.39 is 47.4 Å². The zero-order valence-corrected chi connectivity index (χ0v) is 22.7. The second kappa shape index (κ2) is 12.2. The molecular formula is C21H21N7O8S3. The van der Waals surface area contributed by atoms with E-state index in [2.05, 4.69) is 29.8 Å². The van der Waals surface area contributed by atoms with Gasteiger partial charge in [-0.25, -0.2) is 14.6 Å². The minimum atomic E-state index is -1.31. The smallest absolute Gasteiger partial charge is 0.435 e. The van der Waals surface area contributed by atoms with Crippen molar-refractivity contribution in [1.82, 2.24) is 24.8 Å². The highest BCUT2D eigenvalue weighted by atomic mass is 32.2. The van der Waals surface area contributed by atoms with Gasteiger partial charge in [0.2, 0.25) is 6.29 Å². The number of carbonyl (C=O) groups is 4. The van der Waals surface area contributed by atoms with Gasteiger partial charge < -0.3 is 30.5 Å². The SMILES string of the molecule is CCOC(=O)OC(C)OC(=O)C1=C(/C=C\c2csnn2)CS[C@@H]2C(NC(=O)/C(=N\O)c3csc(N)n3)C(=O)N12. The quantitative estimate of drug-likeness (QED) is 0.0930. The lowest BCUT2D eigenvalue weighted by Gasteiger charge is -2.49. The number of rotatable bonds is 9. The molecule has 2 amide bonds. The molecule has 2 aromatic heterocycles. The maximum Gasteiger partial charge on any atom is 0.511 e. The molecule has 4 rings (SSSR count). The van der Waals surface area contributed by atoms with E-state index in [4.69, 9.17) is 15.2 Å². The molecule has 0 spiro atoms. The molecule has 0 saturated carbocycles. The number of nitrogens with one attached hydrogen (secondary N) is 1. The Labute approximate surface area is 232 Å². The first-order valence-electron chi connectivity index (χ1n) is 11.1. The summed E-state index contributed by atoms with van der Waals surface area (Å²) in [5.41, 5.74) is 6.10. The highest BCUT2D eigenvalue weighted by Gasteiger charge is 2.54. The number of thioether (sulfide) groups is 1. The maximum atomic E-state index is 13.2. The van der Waals surface area contributed by atoms with Crippen LogP contribution in [-0.4, -0.2) is 84.4 Å². The van der Waals surface area contributed by atoms with Crippen LogP contribution in [0.3, 0.4) is 0 Å². The van der Waals surface area contributed by atoms with Gasteiger partial charge in [0.05, 0.1) is 12.3 Å². The van der Waals surface area contributed by atoms with Crippen LogP contribution in [-0.2, 0) is 28.6 Å². The summed E-state index contributed by atoms with van der Waals surface area (Å²) in [6.45, 7) is 2.98. The average molecular weight is 596 g/mol. The van der Waals surface area contributed by atoms with Crippen LogP contribution in [0, 0.1) is 0 Å². The van der Waals surface area contributed by atoms with E-state index in [1.165, 1.54) is 29.0 Å². The Bertz CT molecular complexity index is 1360. The third kappa shape index (κ3) is 6.18. The summed E-state index contributed by atoms with van der Waals surface area (Å²) in [5, 5.41) is 21.4. The molecule has 1 saturated heterocycles. The van der Waals surface area contributed by atoms with Crippen molar-refractivity contribution in [2.45, 2.75) is 31.6 Å². The van der Waals surface area contributed by atoms with Gasteiger partial charge in [-0.15, -0.1) is 28.2 Å². The standard InChI is InChI=1S/C21H21N7O8S3/c1-3-34-21(32)36-9(2)35-19(31)15-10(4-5-11-7-39-27-25-11)6-37-18-14(17(30)28(15)18)24-16(29)13(26-33)12-8-38-20(22)23-12/h4-5,7-9,14,18,33H,3,6H2,1-2H3,(H2,22,23)(H,24,29)/b5-4-,26-13-/t9?,14?,18-/m1/s1. The second-order valence-corrected chi connectivity index (χ2v) is 10.3. The molecule has 1 fully saturated rings. The molecule has 15 nitrogen and oxygen atoms in total. The number of aromatic nitrogens is 3. The first-order valence-corrected chi connectivity index (χ1v) is 13.9. The summed E-state index contributed by atoms with van der Waals surface area (Å²) in [6.07, 6.45) is 0.894. The third-order valence-electron chi connectivity index (χ3n) is 5.19. The van der Waals surface area contributed by atoms with Crippen molar-refractivity contribution in [2.75, 3.05) is 18.1 Å². The van der Waals surface area contributed by atoms with E-state index in [0.717, 1.165) is 22.9 Å². The van der Waals surface area contributed by atoms with E-state index >= 15 is 0 Å². The summed E-state index contributed by atoms with van der Waals surface area (Å²) in [4.78, 5) is 55.9. The molecule has 2 aromatic rings. The predicted molar refractivity (Wildman–Crippen MR) is 140 cm³/mol. The lowest BCUT2D eigenvalue weighted by Crippen LogP contribution is -2.71. The van der Waals surface area contributed by atoms with Gasteiger partial charge in [0.1, 0.15) is 22.8 Å². The number of β-lactam (4-membered cyclic amide) rings is 1. The van der Waals surface area contributed by atoms with Crippen molar-refractivity contribution < 1.29 is 38.6 Å². The van der Waals surface area contributed by atoms with E-state index in [9.17, 15) is 24.4 Å². The van der Waals surface area contributed by atoms with Crippen molar-refractivity contribution in [3.8, 4) is 0 Å². The van der Waals surface area contributed by atoms with Crippen LogP contribution in [0.15, 0.2) is 33.3 Å². The van der Waals surface area contributed by atoms with Crippen molar-refractivity contribution in [2.24, 2.45) is 5.16 Å². The topological polar surface area (TPSA) is 209 Å². The number of nitrogen functional groups attached to an aromatic ring is 1. The van der Waals surface area contributed by atoms with Gasteiger partial charge in [-0.2, -0.15) is 0 Å². The molecule has 2 unspecified atom stereocenters. The van der Waals surface area contributed by atoms with Crippen molar-refractivity contribution >= 4 is 75.5 Å². The molecule has 4 heterocycles. The fourth-order valence-electron chi connectivity index (χ4n) is 3.53. The number of allylic oxidation sites excluding steroid dienone is 1. The average Bonchev–Trinajstić information content (AvgIpc) is 3.57. The first kappa shape index (κ1) is 28.0. The summed E-state index contributed by atoms with van der Waals surface area (Å²) in [6, 6.07) is -1.04. The van der Waals surface area contributed by atoms with Crippen molar-refractivity contribution in [3.05, 3.63) is 39.5 Å². The monoisotopic (exact) mass is 595 g/mol. The molecule has 0 aliphatic carbocycles. The third-order valence-corrected chi connectivity index (χ3v) is 7.69. The Morgan fingerprint density at radius 1 is 1.33 bits per heavy atom. The van der Waals surface area contributed by atoms with E-state index in [1.54, 1.807) is 24.5 Å². The molecule has 2 aliphatic heterocycles. The number of oxime groups is 1. The van der Waals surface area contributed by atoms with E-state index in [0.29, 0.717) is 11.3 Å². The van der Waals surface area contributed by atoms with Crippen molar-refractivity contribution in [1.29, 1.82) is 0 Å². The number of amides is 2. The van der Waals surface area contributed by atoms with Crippen LogP contribution < -0.4 is 11.1 Å².